The van der Waals surface area contributed by atoms with Gasteiger partial charge in [-0.2, -0.15) is 5.10 Å². The fourth-order valence-corrected chi connectivity index (χ4v) is 4.70. The minimum Gasteiger partial charge on any atom is -0.483 e. The predicted molar refractivity (Wildman–Crippen MR) is 118 cm³/mol. The SMILES string of the molecule is CC1CCCN(C(=O)C2CCN(C(=O)COc3ccccc3-c3ccnn3C)CC2)C1. The molecule has 1 aromatic heterocycles. The molecule has 1 unspecified atom stereocenters. The Morgan fingerprint density at radius 3 is 2.55 bits per heavy atom. The van der Waals surface area contributed by atoms with Gasteiger partial charge in [-0.3, -0.25) is 14.3 Å². The van der Waals surface area contributed by atoms with Crippen molar-refractivity contribution in [2.75, 3.05) is 32.8 Å². The first-order chi connectivity index (χ1) is 15.0. The second-order valence-corrected chi connectivity index (χ2v) is 8.81. The van der Waals surface area contributed by atoms with Gasteiger partial charge in [-0.1, -0.05) is 19.1 Å². The Morgan fingerprint density at radius 1 is 1.06 bits per heavy atom. The molecule has 4 rings (SSSR count). The van der Waals surface area contributed by atoms with Crippen LogP contribution < -0.4 is 4.74 Å². The average Bonchev–Trinajstić information content (AvgIpc) is 3.23. The Morgan fingerprint density at radius 2 is 1.84 bits per heavy atom. The van der Waals surface area contributed by atoms with Crippen molar-refractivity contribution < 1.29 is 14.3 Å². The molecule has 2 aliphatic rings. The van der Waals surface area contributed by atoms with E-state index in [1.165, 1.54) is 6.42 Å². The number of aryl methyl sites for hydroxylation is 1. The molecule has 2 aromatic rings. The number of carbonyl (C=O) groups excluding carboxylic acids is 2. The van der Waals surface area contributed by atoms with E-state index in [2.05, 4.69) is 12.0 Å². The highest BCUT2D eigenvalue weighted by atomic mass is 16.5. The number of rotatable bonds is 5. The number of ether oxygens (including phenoxy) is 1. The summed E-state index contributed by atoms with van der Waals surface area (Å²) in [6.45, 7) is 5.20. The molecule has 2 amide bonds. The standard InChI is InChI=1S/C24H32N4O3/c1-18-6-5-13-28(16-18)24(30)19-10-14-27(15-11-19)23(29)17-31-22-8-4-3-7-20(22)21-9-12-25-26(21)2/h3-4,7-9,12,18-19H,5-6,10-11,13-17H2,1-2H3. The van der Waals surface area contributed by atoms with Gasteiger partial charge in [-0.05, 0) is 49.8 Å². The van der Waals surface area contributed by atoms with Gasteiger partial charge in [0.1, 0.15) is 5.75 Å². The van der Waals surface area contributed by atoms with Gasteiger partial charge in [0, 0.05) is 50.9 Å². The number of aromatic nitrogens is 2. The van der Waals surface area contributed by atoms with Gasteiger partial charge in [0.2, 0.25) is 5.91 Å². The first-order valence-corrected chi connectivity index (χ1v) is 11.3. The highest BCUT2D eigenvalue weighted by Crippen LogP contribution is 2.29. The quantitative estimate of drug-likeness (QED) is 0.740. The van der Waals surface area contributed by atoms with Crippen LogP contribution in [0.1, 0.15) is 32.6 Å². The predicted octanol–water partition coefficient (Wildman–Crippen LogP) is 2.96. The van der Waals surface area contributed by atoms with E-state index in [4.69, 9.17) is 4.74 Å². The Balaban J connectivity index is 1.29. The highest BCUT2D eigenvalue weighted by molar-refractivity contribution is 5.81. The second-order valence-electron chi connectivity index (χ2n) is 8.81. The van der Waals surface area contributed by atoms with Crippen molar-refractivity contribution in [3.63, 3.8) is 0 Å². The lowest BCUT2D eigenvalue weighted by molar-refractivity contribution is -0.142. The largest absolute Gasteiger partial charge is 0.483 e. The van der Waals surface area contributed by atoms with Crippen molar-refractivity contribution >= 4 is 11.8 Å². The number of nitrogens with zero attached hydrogens (tertiary/aromatic N) is 4. The fraction of sp³-hybridized carbons (Fsp3) is 0.542. The molecular weight excluding hydrogens is 392 g/mol. The third-order valence-corrected chi connectivity index (χ3v) is 6.50. The smallest absolute Gasteiger partial charge is 0.260 e. The maximum Gasteiger partial charge on any atom is 0.260 e. The zero-order valence-corrected chi connectivity index (χ0v) is 18.5. The van der Waals surface area contributed by atoms with E-state index in [0.29, 0.717) is 24.8 Å². The lowest BCUT2D eigenvalue weighted by Gasteiger charge is -2.37. The fourth-order valence-electron chi connectivity index (χ4n) is 4.70. The van der Waals surface area contributed by atoms with Crippen LogP contribution in [0.5, 0.6) is 5.75 Å². The second kappa shape index (κ2) is 9.54. The monoisotopic (exact) mass is 424 g/mol. The number of hydrogen-bond donors (Lipinski definition) is 0. The number of benzene rings is 1. The molecule has 0 bridgehead atoms. The molecule has 1 atom stereocenters. The molecular formula is C24H32N4O3. The first-order valence-electron chi connectivity index (χ1n) is 11.3. The van der Waals surface area contributed by atoms with Crippen molar-refractivity contribution in [1.29, 1.82) is 0 Å². The van der Waals surface area contributed by atoms with Crippen LogP contribution in [-0.2, 0) is 16.6 Å². The Kier molecular flexibility index (Phi) is 6.59. The summed E-state index contributed by atoms with van der Waals surface area (Å²) >= 11 is 0. The minimum atomic E-state index is -0.0303. The van der Waals surface area contributed by atoms with E-state index in [9.17, 15) is 9.59 Å². The van der Waals surface area contributed by atoms with Gasteiger partial charge in [0.15, 0.2) is 6.61 Å². The molecule has 0 spiro atoms. The van der Waals surface area contributed by atoms with Crippen molar-refractivity contribution in [3.8, 4) is 17.0 Å². The molecule has 2 saturated heterocycles. The topological polar surface area (TPSA) is 67.7 Å². The number of hydrogen-bond acceptors (Lipinski definition) is 4. The molecule has 3 heterocycles. The van der Waals surface area contributed by atoms with E-state index in [1.54, 1.807) is 10.9 Å². The lowest BCUT2D eigenvalue weighted by Crippen LogP contribution is -2.47. The van der Waals surface area contributed by atoms with Gasteiger partial charge in [0.05, 0.1) is 5.69 Å². The summed E-state index contributed by atoms with van der Waals surface area (Å²) in [5, 5.41) is 4.22. The Hall–Kier alpha value is -2.83. The molecule has 0 radical (unpaired) electrons. The highest BCUT2D eigenvalue weighted by Gasteiger charge is 2.31. The molecule has 2 fully saturated rings. The summed E-state index contributed by atoms with van der Waals surface area (Å²) < 4.78 is 7.69. The summed E-state index contributed by atoms with van der Waals surface area (Å²) in [5.74, 6) is 1.55. The van der Waals surface area contributed by atoms with Crippen molar-refractivity contribution in [3.05, 3.63) is 36.5 Å². The van der Waals surface area contributed by atoms with Crippen LogP contribution in [0.3, 0.4) is 0 Å². The van der Waals surface area contributed by atoms with Crippen LogP contribution >= 0.6 is 0 Å². The van der Waals surface area contributed by atoms with Crippen molar-refractivity contribution in [2.45, 2.75) is 32.6 Å². The molecule has 7 nitrogen and oxygen atoms in total. The van der Waals surface area contributed by atoms with E-state index < -0.39 is 0 Å². The lowest BCUT2D eigenvalue weighted by atomic mass is 9.93. The van der Waals surface area contributed by atoms with Crippen LogP contribution in [0.4, 0.5) is 0 Å². The van der Waals surface area contributed by atoms with E-state index in [1.807, 2.05) is 47.2 Å². The summed E-state index contributed by atoms with van der Waals surface area (Å²) in [4.78, 5) is 29.5. The van der Waals surface area contributed by atoms with Crippen LogP contribution in [0, 0.1) is 11.8 Å². The first kappa shape index (κ1) is 21.4. The summed E-state index contributed by atoms with van der Waals surface area (Å²) in [6, 6.07) is 9.62. The molecule has 166 valence electrons. The zero-order valence-electron chi connectivity index (χ0n) is 18.5. The van der Waals surface area contributed by atoms with Gasteiger partial charge < -0.3 is 14.5 Å². The van der Waals surface area contributed by atoms with Crippen molar-refractivity contribution in [2.24, 2.45) is 18.9 Å². The van der Waals surface area contributed by atoms with Gasteiger partial charge >= 0.3 is 0 Å². The molecule has 31 heavy (non-hydrogen) atoms. The van der Waals surface area contributed by atoms with Gasteiger partial charge in [-0.15, -0.1) is 0 Å². The summed E-state index contributed by atoms with van der Waals surface area (Å²) in [6.07, 6.45) is 5.53. The minimum absolute atomic E-state index is 0.00286. The maximum absolute atomic E-state index is 12.9. The summed E-state index contributed by atoms with van der Waals surface area (Å²) in [7, 11) is 1.88. The number of para-hydroxylation sites is 1. The molecule has 0 N–H and O–H groups in total. The van der Waals surface area contributed by atoms with Gasteiger partial charge in [0.25, 0.3) is 5.91 Å². The molecule has 0 aliphatic carbocycles. The molecule has 2 aliphatic heterocycles. The Labute approximate surface area is 184 Å². The summed E-state index contributed by atoms with van der Waals surface area (Å²) in [5.41, 5.74) is 1.85. The van der Waals surface area contributed by atoms with Crippen LogP contribution in [0.15, 0.2) is 36.5 Å². The maximum atomic E-state index is 12.9. The van der Waals surface area contributed by atoms with E-state index in [0.717, 1.165) is 43.6 Å². The zero-order chi connectivity index (χ0) is 21.8. The van der Waals surface area contributed by atoms with E-state index >= 15 is 0 Å². The number of amides is 2. The number of carbonyl (C=O) groups is 2. The molecule has 7 heteroatoms. The van der Waals surface area contributed by atoms with Crippen LogP contribution in [-0.4, -0.2) is 64.2 Å². The van der Waals surface area contributed by atoms with Crippen LogP contribution in [0.25, 0.3) is 11.3 Å². The van der Waals surface area contributed by atoms with Crippen LogP contribution in [0.2, 0.25) is 0 Å². The van der Waals surface area contributed by atoms with Crippen molar-refractivity contribution in [1.82, 2.24) is 19.6 Å². The third kappa shape index (κ3) is 4.92. The molecule has 1 aromatic carbocycles. The number of likely N-dealkylation sites (tertiary alicyclic amines) is 2. The average molecular weight is 425 g/mol. The number of piperidine rings is 2. The Bertz CT molecular complexity index is 917. The molecule has 0 saturated carbocycles. The van der Waals surface area contributed by atoms with E-state index in [-0.39, 0.29) is 24.3 Å². The van der Waals surface area contributed by atoms with Gasteiger partial charge in [-0.25, -0.2) is 0 Å². The normalized spacial score (nSPS) is 20.0. The third-order valence-electron chi connectivity index (χ3n) is 6.50.